The Morgan fingerprint density at radius 1 is 1.15 bits per heavy atom. The summed E-state index contributed by atoms with van der Waals surface area (Å²) in [6.45, 7) is 3.27. The highest BCUT2D eigenvalue weighted by atomic mass is 35.5. The van der Waals surface area contributed by atoms with Crippen molar-refractivity contribution in [3.63, 3.8) is 0 Å². The molecule has 15 heteroatoms. The van der Waals surface area contributed by atoms with E-state index in [9.17, 15) is 27.9 Å². The summed E-state index contributed by atoms with van der Waals surface area (Å²) in [7, 11) is 0. The highest BCUT2D eigenvalue weighted by Crippen LogP contribution is 2.42. The maximum atomic E-state index is 14.8. The van der Waals surface area contributed by atoms with Gasteiger partial charge in [0.25, 0.3) is 0 Å². The van der Waals surface area contributed by atoms with Gasteiger partial charge in [0.15, 0.2) is 0 Å². The number of nitrogens with zero attached hydrogens (tertiary/aromatic N) is 5. The Morgan fingerprint density at radius 2 is 1.89 bits per heavy atom. The van der Waals surface area contributed by atoms with Crippen molar-refractivity contribution < 1.29 is 32.6 Å². The van der Waals surface area contributed by atoms with Crippen LogP contribution in [0.1, 0.15) is 62.3 Å². The van der Waals surface area contributed by atoms with Crippen LogP contribution in [0.15, 0.2) is 36.5 Å². The average molecular weight is 662 g/mol. The van der Waals surface area contributed by atoms with Crippen molar-refractivity contribution in [2.24, 2.45) is 11.3 Å². The van der Waals surface area contributed by atoms with Crippen molar-refractivity contribution in [1.29, 1.82) is 0 Å². The smallest absolute Gasteiger partial charge is 0.429 e. The van der Waals surface area contributed by atoms with Crippen molar-refractivity contribution in [2.75, 3.05) is 29.9 Å². The Kier molecular flexibility index (Phi) is 8.85. The molecule has 1 aromatic carbocycles. The second kappa shape index (κ2) is 12.7. The van der Waals surface area contributed by atoms with Gasteiger partial charge < -0.3 is 20.1 Å². The van der Waals surface area contributed by atoms with Gasteiger partial charge in [-0.15, -0.1) is 0 Å². The SMILES string of the molecule is Cc1ccn(-c2cc(Cl)ccc2C(Oc2cc(N3CCC4(CC3)CNC(C(=O)O)C4)nc(NC(=O)C3CCCC3)n2)C(F)(F)F)n1. The van der Waals surface area contributed by atoms with Crippen LogP contribution >= 0.6 is 11.6 Å². The van der Waals surface area contributed by atoms with Gasteiger partial charge in [-0.05, 0) is 62.6 Å². The van der Waals surface area contributed by atoms with E-state index in [0.717, 1.165) is 25.7 Å². The zero-order chi connectivity index (χ0) is 32.6. The maximum Gasteiger partial charge on any atom is 0.429 e. The number of piperidine rings is 1. The van der Waals surface area contributed by atoms with Crippen LogP contribution in [0, 0.1) is 18.3 Å². The number of hydrogen-bond acceptors (Lipinski definition) is 8. The van der Waals surface area contributed by atoms with Crippen LogP contribution in [-0.2, 0) is 9.59 Å². The fraction of sp³-hybridized carbons (Fsp3) is 0.516. The maximum absolute atomic E-state index is 14.8. The molecule has 0 bridgehead atoms. The number of ether oxygens (including phenoxy) is 1. The fourth-order valence-corrected chi connectivity index (χ4v) is 6.85. The lowest BCUT2D eigenvalue weighted by molar-refractivity contribution is -0.198. The number of carbonyl (C=O) groups is 2. The van der Waals surface area contributed by atoms with Gasteiger partial charge >= 0.3 is 12.1 Å². The molecule has 2 saturated heterocycles. The summed E-state index contributed by atoms with van der Waals surface area (Å²) >= 11 is 6.19. The van der Waals surface area contributed by atoms with Crippen LogP contribution in [0.2, 0.25) is 5.02 Å². The van der Waals surface area contributed by atoms with Crippen LogP contribution in [0.4, 0.5) is 24.9 Å². The van der Waals surface area contributed by atoms with Crippen LogP contribution in [-0.4, -0.2) is 68.6 Å². The molecule has 11 nitrogen and oxygen atoms in total. The Balaban J connectivity index is 1.32. The van der Waals surface area contributed by atoms with Crippen molar-refractivity contribution in [3.8, 4) is 11.6 Å². The van der Waals surface area contributed by atoms with E-state index in [1.54, 1.807) is 19.2 Å². The number of benzene rings is 1. The minimum absolute atomic E-state index is 0.0955. The molecular formula is C31H35ClF3N7O4. The van der Waals surface area contributed by atoms with E-state index in [0.29, 0.717) is 50.4 Å². The number of aliphatic carboxylic acids is 1. The van der Waals surface area contributed by atoms with Crippen LogP contribution in [0.3, 0.4) is 0 Å². The molecule has 1 saturated carbocycles. The van der Waals surface area contributed by atoms with Gasteiger partial charge in [0, 0.05) is 48.4 Å². The number of halogens is 4. The first-order valence-electron chi connectivity index (χ1n) is 15.4. The highest BCUT2D eigenvalue weighted by molar-refractivity contribution is 6.30. The molecule has 4 heterocycles. The lowest BCUT2D eigenvalue weighted by Crippen LogP contribution is -2.41. The fourth-order valence-electron chi connectivity index (χ4n) is 6.69. The van der Waals surface area contributed by atoms with Crippen LogP contribution in [0.5, 0.6) is 5.88 Å². The third-order valence-corrected chi connectivity index (χ3v) is 9.47. The summed E-state index contributed by atoms with van der Waals surface area (Å²) in [5, 5.41) is 19.7. The number of rotatable bonds is 8. The molecule has 0 radical (unpaired) electrons. The number of carboxylic acids is 1. The van der Waals surface area contributed by atoms with Gasteiger partial charge in [-0.1, -0.05) is 30.5 Å². The molecule has 2 unspecified atom stereocenters. The average Bonchev–Trinajstić information content (AvgIpc) is 3.78. The van der Waals surface area contributed by atoms with Gasteiger partial charge in [0.05, 0.1) is 11.4 Å². The monoisotopic (exact) mass is 661 g/mol. The molecule has 2 aromatic heterocycles. The molecular weight excluding hydrogens is 627 g/mol. The topological polar surface area (TPSA) is 134 Å². The van der Waals surface area contributed by atoms with Gasteiger partial charge in [-0.3, -0.25) is 14.9 Å². The molecule has 6 rings (SSSR count). The standard InChI is InChI=1S/C31H35ClF3N7O4/c1-18-8-11-42(40-18)23-14-20(32)6-7-21(23)26(31(33,34)35)46-25-15-24(37-29(38-25)39-27(43)19-4-2-3-5-19)41-12-9-30(10-13-41)16-22(28(44)45)36-17-30/h6-8,11,14-15,19,22,26,36H,2-5,9-10,12-13,16-17H2,1H3,(H,44,45)(H,37,38,39,43). The summed E-state index contributed by atoms with van der Waals surface area (Å²) in [4.78, 5) is 35.2. The number of aryl methyl sites for hydroxylation is 1. The van der Waals surface area contributed by atoms with Gasteiger partial charge in [-0.2, -0.15) is 28.2 Å². The zero-order valence-corrected chi connectivity index (χ0v) is 25.9. The molecule has 3 N–H and O–H groups in total. The van der Waals surface area contributed by atoms with Gasteiger partial charge in [0.2, 0.25) is 23.8 Å². The summed E-state index contributed by atoms with van der Waals surface area (Å²) in [5.41, 5.74) is 0.285. The predicted molar refractivity (Wildman–Crippen MR) is 163 cm³/mol. The quantitative estimate of drug-likeness (QED) is 0.287. The van der Waals surface area contributed by atoms with E-state index in [2.05, 4.69) is 25.7 Å². The van der Waals surface area contributed by atoms with Crippen molar-refractivity contribution in [3.05, 3.63) is 52.8 Å². The molecule has 1 amide bonds. The molecule has 3 aliphatic rings. The lowest BCUT2D eigenvalue weighted by Gasteiger charge is -2.39. The molecule has 3 fully saturated rings. The third-order valence-electron chi connectivity index (χ3n) is 9.24. The number of aromatic nitrogens is 4. The Hall–Kier alpha value is -3.91. The van der Waals surface area contributed by atoms with Crippen LogP contribution in [0.25, 0.3) is 5.69 Å². The minimum atomic E-state index is -4.86. The first kappa shape index (κ1) is 32.0. The largest absolute Gasteiger partial charge is 0.480 e. The zero-order valence-electron chi connectivity index (χ0n) is 25.2. The van der Waals surface area contributed by atoms with E-state index < -0.39 is 24.3 Å². The van der Waals surface area contributed by atoms with E-state index in [1.165, 1.54) is 28.9 Å². The van der Waals surface area contributed by atoms with E-state index in [4.69, 9.17) is 16.3 Å². The second-order valence-electron chi connectivity index (χ2n) is 12.5. The van der Waals surface area contributed by atoms with Crippen molar-refractivity contribution >= 4 is 35.2 Å². The Bertz CT molecular complexity index is 1600. The van der Waals surface area contributed by atoms with Crippen molar-refractivity contribution in [2.45, 2.75) is 70.2 Å². The van der Waals surface area contributed by atoms with E-state index in [1.807, 2.05) is 4.90 Å². The minimum Gasteiger partial charge on any atom is -0.480 e. The normalized spacial score (nSPS) is 20.6. The molecule has 2 atom stereocenters. The number of carbonyl (C=O) groups excluding carboxylic acids is 1. The third kappa shape index (κ3) is 6.92. The first-order valence-corrected chi connectivity index (χ1v) is 15.7. The van der Waals surface area contributed by atoms with Crippen molar-refractivity contribution in [1.82, 2.24) is 25.1 Å². The number of alkyl halides is 3. The predicted octanol–water partition coefficient (Wildman–Crippen LogP) is 5.47. The Morgan fingerprint density at radius 3 is 2.52 bits per heavy atom. The van der Waals surface area contributed by atoms with E-state index in [-0.39, 0.29) is 45.3 Å². The van der Waals surface area contributed by atoms with Crippen LogP contribution < -0.4 is 20.3 Å². The molecule has 2 aliphatic heterocycles. The first-order chi connectivity index (χ1) is 21.9. The Labute approximate surface area is 268 Å². The molecule has 46 heavy (non-hydrogen) atoms. The lowest BCUT2D eigenvalue weighted by atomic mass is 9.76. The molecule has 1 spiro atoms. The summed E-state index contributed by atoms with van der Waals surface area (Å²) in [5.74, 6) is -1.58. The summed E-state index contributed by atoms with van der Waals surface area (Å²) in [6.07, 6.45) is -0.660. The molecule has 3 aromatic rings. The summed E-state index contributed by atoms with van der Waals surface area (Å²) < 4.78 is 51.3. The number of hydrogen-bond donors (Lipinski definition) is 3. The van der Waals surface area contributed by atoms with Gasteiger partial charge in [0.1, 0.15) is 11.9 Å². The number of carboxylic acid groups (broad SMARTS) is 1. The number of nitrogens with one attached hydrogen (secondary N) is 2. The van der Waals surface area contributed by atoms with Gasteiger partial charge in [-0.25, -0.2) is 4.68 Å². The highest BCUT2D eigenvalue weighted by Gasteiger charge is 2.46. The molecule has 246 valence electrons. The second-order valence-corrected chi connectivity index (χ2v) is 12.9. The van der Waals surface area contributed by atoms with E-state index >= 15 is 0 Å². The molecule has 1 aliphatic carbocycles. The number of amides is 1. The number of anilines is 2. The summed E-state index contributed by atoms with van der Waals surface area (Å²) in [6, 6.07) is 6.40.